The maximum atomic E-state index is 10.9. The fraction of sp³-hybridized carbons (Fsp3) is 0. The van der Waals surface area contributed by atoms with Gasteiger partial charge in [0.25, 0.3) is 0 Å². The van der Waals surface area contributed by atoms with Crippen LogP contribution in [0.5, 0.6) is 0 Å². The highest BCUT2D eigenvalue weighted by molar-refractivity contribution is 7.80. The summed E-state index contributed by atoms with van der Waals surface area (Å²) in [7, 11) is 0. The van der Waals surface area contributed by atoms with Crippen molar-refractivity contribution in [1.29, 1.82) is 0 Å². The van der Waals surface area contributed by atoms with Crippen molar-refractivity contribution in [3.05, 3.63) is 42.0 Å². The van der Waals surface area contributed by atoms with Crippen LogP contribution < -0.4 is 0 Å². The zero-order valence-corrected chi connectivity index (χ0v) is 8.16. The van der Waals surface area contributed by atoms with Crippen molar-refractivity contribution in [2.24, 2.45) is 0 Å². The van der Waals surface area contributed by atoms with Crippen LogP contribution in [-0.4, -0.2) is 11.1 Å². The van der Waals surface area contributed by atoms with Gasteiger partial charge in [0, 0.05) is 4.90 Å². The van der Waals surface area contributed by atoms with Crippen LogP contribution in [0.15, 0.2) is 41.3 Å². The molecule has 3 heteroatoms. The topological polar surface area (TPSA) is 37.3 Å². The van der Waals surface area contributed by atoms with Gasteiger partial charge in [0.15, 0.2) is 0 Å². The summed E-state index contributed by atoms with van der Waals surface area (Å²) in [6, 6.07) is 10.6. The van der Waals surface area contributed by atoms with Crippen LogP contribution in [0.2, 0.25) is 0 Å². The van der Waals surface area contributed by atoms with Gasteiger partial charge in [-0.2, -0.15) is 0 Å². The fourth-order valence-corrected chi connectivity index (χ4v) is 1.67. The summed E-state index contributed by atoms with van der Waals surface area (Å²) in [5.74, 6) is -0.900. The van der Waals surface area contributed by atoms with Crippen LogP contribution in [0.3, 0.4) is 0 Å². The van der Waals surface area contributed by atoms with Crippen LogP contribution in [0, 0.1) is 0 Å². The standard InChI is InChI=1S/C11H8O2S/c12-11(13)10-3-1-2-7-6-8(14)4-5-9(7)10/h1-6,14H,(H,12,13). The first-order valence-corrected chi connectivity index (χ1v) is 4.58. The highest BCUT2D eigenvalue weighted by Gasteiger charge is 2.06. The van der Waals surface area contributed by atoms with Crippen LogP contribution in [-0.2, 0) is 0 Å². The molecular formula is C11H8O2S. The summed E-state index contributed by atoms with van der Waals surface area (Å²) < 4.78 is 0. The lowest BCUT2D eigenvalue weighted by Gasteiger charge is -2.02. The number of hydrogen-bond acceptors (Lipinski definition) is 2. The lowest BCUT2D eigenvalue weighted by Crippen LogP contribution is -1.96. The van der Waals surface area contributed by atoms with Crippen molar-refractivity contribution < 1.29 is 9.90 Å². The van der Waals surface area contributed by atoms with Gasteiger partial charge in [-0.05, 0) is 29.0 Å². The van der Waals surface area contributed by atoms with Crippen molar-refractivity contribution in [2.75, 3.05) is 0 Å². The lowest BCUT2D eigenvalue weighted by molar-refractivity contribution is 0.0699. The molecule has 0 amide bonds. The first-order valence-electron chi connectivity index (χ1n) is 4.13. The van der Waals surface area contributed by atoms with Crippen LogP contribution >= 0.6 is 12.6 Å². The summed E-state index contributed by atoms with van der Waals surface area (Å²) in [6.07, 6.45) is 0. The normalized spacial score (nSPS) is 10.4. The Morgan fingerprint density at radius 2 is 2.00 bits per heavy atom. The first kappa shape index (κ1) is 9.09. The minimum absolute atomic E-state index is 0.329. The summed E-state index contributed by atoms with van der Waals surface area (Å²) in [5, 5.41) is 10.6. The second-order valence-electron chi connectivity index (χ2n) is 3.02. The quantitative estimate of drug-likeness (QED) is 0.701. The second-order valence-corrected chi connectivity index (χ2v) is 3.53. The Labute approximate surface area is 86.6 Å². The van der Waals surface area contributed by atoms with Crippen LogP contribution in [0.4, 0.5) is 0 Å². The lowest BCUT2D eigenvalue weighted by atomic mass is 10.1. The molecule has 0 heterocycles. The zero-order chi connectivity index (χ0) is 10.1. The van der Waals surface area contributed by atoms with Crippen LogP contribution in [0.25, 0.3) is 10.8 Å². The van der Waals surface area contributed by atoms with E-state index in [4.69, 9.17) is 5.11 Å². The molecule has 2 nitrogen and oxygen atoms in total. The number of thiol groups is 1. The molecule has 0 aromatic heterocycles. The maximum absolute atomic E-state index is 10.9. The first-order chi connectivity index (χ1) is 6.68. The molecule has 0 aliphatic rings. The SMILES string of the molecule is O=C(O)c1cccc2cc(S)ccc12. The third kappa shape index (κ3) is 1.46. The van der Waals surface area contributed by atoms with Crippen molar-refractivity contribution >= 4 is 29.4 Å². The van der Waals surface area contributed by atoms with E-state index < -0.39 is 5.97 Å². The number of carbonyl (C=O) groups is 1. The van der Waals surface area contributed by atoms with E-state index in [1.165, 1.54) is 0 Å². The molecule has 0 unspecified atom stereocenters. The molecule has 0 saturated carbocycles. The minimum atomic E-state index is -0.900. The molecule has 0 aliphatic carbocycles. The van der Waals surface area contributed by atoms with Crippen molar-refractivity contribution in [3.63, 3.8) is 0 Å². The average Bonchev–Trinajstić information content (AvgIpc) is 2.16. The van der Waals surface area contributed by atoms with E-state index in [1.807, 2.05) is 12.1 Å². The van der Waals surface area contributed by atoms with Gasteiger partial charge in [-0.15, -0.1) is 12.6 Å². The largest absolute Gasteiger partial charge is 0.478 e. The number of benzene rings is 2. The Morgan fingerprint density at radius 1 is 1.21 bits per heavy atom. The van der Waals surface area contributed by atoms with Gasteiger partial charge in [-0.3, -0.25) is 0 Å². The highest BCUT2D eigenvalue weighted by atomic mass is 32.1. The Hall–Kier alpha value is -1.48. The molecule has 0 atom stereocenters. The molecule has 14 heavy (non-hydrogen) atoms. The molecule has 0 fully saturated rings. The van der Waals surface area contributed by atoms with Crippen molar-refractivity contribution in [2.45, 2.75) is 4.90 Å². The summed E-state index contributed by atoms with van der Waals surface area (Å²) in [6.45, 7) is 0. The zero-order valence-electron chi connectivity index (χ0n) is 7.27. The second kappa shape index (κ2) is 3.35. The monoisotopic (exact) mass is 204 g/mol. The van der Waals surface area contributed by atoms with Gasteiger partial charge < -0.3 is 5.11 Å². The van der Waals surface area contributed by atoms with Gasteiger partial charge in [0.1, 0.15) is 0 Å². The fourth-order valence-electron chi connectivity index (χ4n) is 1.46. The summed E-state index contributed by atoms with van der Waals surface area (Å²) in [5.41, 5.74) is 0.329. The van der Waals surface area contributed by atoms with E-state index in [0.29, 0.717) is 5.56 Å². The molecule has 0 radical (unpaired) electrons. The van der Waals surface area contributed by atoms with Gasteiger partial charge in [-0.25, -0.2) is 4.79 Å². The Balaban J connectivity index is 2.81. The Morgan fingerprint density at radius 3 is 2.71 bits per heavy atom. The van der Waals surface area contributed by atoms with E-state index in [-0.39, 0.29) is 0 Å². The van der Waals surface area contributed by atoms with E-state index in [0.717, 1.165) is 15.7 Å². The number of aromatic carboxylic acids is 1. The highest BCUT2D eigenvalue weighted by Crippen LogP contribution is 2.21. The maximum Gasteiger partial charge on any atom is 0.336 e. The molecule has 0 saturated heterocycles. The molecule has 1 N–H and O–H groups in total. The van der Waals surface area contributed by atoms with Crippen molar-refractivity contribution in [3.8, 4) is 0 Å². The predicted octanol–water partition coefficient (Wildman–Crippen LogP) is 2.83. The molecular weight excluding hydrogens is 196 g/mol. The van der Waals surface area contributed by atoms with Gasteiger partial charge in [-0.1, -0.05) is 18.2 Å². The molecule has 0 bridgehead atoms. The third-order valence-corrected chi connectivity index (χ3v) is 2.37. The number of hydrogen-bond donors (Lipinski definition) is 2. The van der Waals surface area contributed by atoms with Crippen molar-refractivity contribution in [1.82, 2.24) is 0 Å². The molecule has 0 aliphatic heterocycles. The van der Waals surface area contributed by atoms with E-state index in [2.05, 4.69) is 12.6 Å². The average molecular weight is 204 g/mol. The predicted molar refractivity (Wildman–Crippen MR) is 58.2 cm³/mol. The van der Waals surface area contributed by atoms with Crippen LogP contribution in [0.1, 0.15) is 10.4 Å². The Kier molecular flexibility index (Phi) is 2.17. The van der Waals surface area contributed by atoms with E-state index >= 15 is 0 Å². The number of fused-ring (bicyclic) bond motifs is 1. The minimum Gasteiger partial charge on any atom is -0.478 e. The number of carboxylic acids is 1. The van der Waals surface area contributed by atoms with E-state index in [1.54, 1.807) is 24.3 Å². The van der Waals surface area contributed by atoms with Gasteiger partial charge in [0.2, 0.25) is 0 Å². The third-order valence-electron chi connectivity index (χ3n) is 2.09. The molecule has 0 spiro atoms. The number of rotatable bonds is 1. The van der Waals surface area contributed by atoms with E-state index in [9.17, 15) is 4.79 Å². The molecule has 2 aromatic carbocycles. The number of carboxylic acid groups (broad SMARTS) is 1. The summed E-state index contributed by atoms with van der Waals surface area (Å²) >= 11 is 4.20. The molecule has 70 valence electrons. The molecule has 2 rings (SSSR count). The van der Waals surface area contributed by atoms with Gasteiger partial charge in [0.05, 0.1) is 5.56 Å². The molecule has 2 aromatic rings. The summed E-state index contributed by atoms with van der Waals surface area (Å²) in [4.78, 5) is 11.7. The smallest absolute Gasteiger partial charge is 0.336 e. The van der Waals surface area contributed by atoms with Gasteiger partial charge >= 0.3 is 5.97 Å². The Bertz CT molecular complexity index is 506.